The SMILES string of the molecule is Fc1c(Cl)cccc1/C=C/c1noc(C(Cl)(Cl)Cl)n1. The molecule has 100 valence electrons. The van der Waals surface area contributed by atoms with E-state index in [2.05, 4.69) is 10.1 Å². The lowest BCUT2D eigenvalue weighted by molar-refractivity contribution is 0.381. The largest absolute Gasteiger partial charge is 0.334 e. The zero-order chi connectivity index (χ0) is 14.0. The van der Waals surface area contributed by atoms with Crippen LogP contribution in [0, 0.1) is 5.82 Å². The number of hydrogen-bond acceptors (Lipinski definition) is 3. The molecule has 0 saturated heterocycles. The van der Waals surface area contributed by atoms with Gasteiger partial charge in [-0.2, -0.15) is 4.98 Å². The van der Waals surface area contributed by atoms with Gasteiger partial charge in [0.05, 0.1) is 5.02 Å². The van der Waals surface area contributed by atoms with Crippen molar-refractivity contribution in [1.82, 2.24) is 10.1 Å². The molecule has 2 rings (SSSR count). The van der Waals surface area contributed by atoms with Crippen LogP contribution >= 0.6 is 46.4 Å². The van der Waals surface area contributed by atoms with E-state index in [1.54, 1.807) is 12.1 Å². The molecule has 2 aromatic rings. The molecule has 1 aromatic heterocycles. The Bertz CT molecular complexity index is 621. The maximum Gasteiger partial charge on any atom is 0.279 e. The Labute approximate surface area is 127 Å². The third-order valence-corrected chi connectivity index (χ3v) is 2.85. The molecule has 0 aliphatic rings. The van der Waals surface area contributed by atoms with Crippen molar-refractivity contribution in [2.45, 2.75) is 3.79 Å². The molecule has 0 aliphatic carbocycles. The minimum absolute atomic E-state index is 0.0252. The van der Waals surface area contributed by atoms with Crippen LogP contribution in [-0.4, -0.2) is 10.1 Å². The summed E-state index contributed by atoms with van der Waals surface area (Å²) in [5.74, 6) is -0.546. The second-order valence-corrected chi connectivity index (χ2v) is 6.12. The maximum atomic E-state index is 13.6. The van der Waals surface area contributed by atoms with Crippen molar-refractivity contribution in [3.63, 3.8) is 0 Å². The summed E-state index contributed by atoms with van der Waals surface area (Å²) in [4.78, 5) is 3.83. The Hall–Kier alpha value is -0.810. The molecule has 0 bridgehead atoms. The van der Waals surface area contributed by atoms with Crippen LogP contribution in [0.1, 0.15) is 17.3 Å². The molecule has 3 nitrogen and oxygen atoms in total. The molecule has 0 radical (unpaired) electrons. The van der Waals surface area contributed by atoms with E-state index in [0.29, 0.717) is 0 Å². The smallest absolute Gasteiger partial charge is 0.279 e. The second-order valence-electron chi connectivity index (χ2n) is 3.43. The summed E-state index contributed by atoms with van der Waals surface area (Å²) >= 11 is 22.4. The quantitative estimate of drug-likeness (QED) is 0.732. The Kier molecular flexibility index (Phi) is 4.36. The molecule has 1 heterocycles. The molecule has 8 heteroatoms. The fourth-order valence-corrected chi connectivity index (χ4v) is 1.64. The Morgan fingerprint density at radius 2 is 1.95 bits per heavy atom. The summed E-state index contributed by atoms with van der Waals surface area (Å²) in [7, 11) is 0. The Morgan fingerprint density at radius 3 is 2.58 bits per heavy atom. The molecule has 0 spiro atoms. The molecule has 0 N–H and O–H groups in total. The van der Waals surface area contributed by atoms with E-state index in [0.717, 1.165) is 0 Å². The monoisotopic (exact) mass is 340 g/mol. The zero-order valence-electron chi connectivity index (χ0n) is 9.08. The molecule has 0 fully saturated rings. The van der Waals surface area contributed by atoms with Crippen LogP contribution in [0.5, 0.6) is 0 Å². The number of benzene rings is 1. The van der Waals surface area contributed by atoms with Crippen molar-refractivity contribution < 1.29 is 8.91 Å². The highest BCUT2D eigenvalue weighted by Gasteiger charge is 2.30. The van der Waals surface area contributed by atoms with Crippen LogP contribution in [0.15, 0.2) is 22.7 Å². The lowest BCUT2D eigenvalue weighted by Gasteiger charge is -2.01. The van der Waals surface area contributed by atoms with Gasteiger partial charge in [0.25, 0.3) is 9.68 Å². The van der Waals surface area contributed by atoms with E-state index in [1.165, 1.54) is 18.2 Å². The van der Waals surface area contributed by atoms with Gasteiger partial charge in [-0.25, -0.2) is 4.39 Å². The lowest BCUT2D eigenvalue weighted by atomic mass is 10.2. The van der Waals surface area contributed by atoms with Crippen molar-refractivity contribution in [2.75, 3.05) is 0 Å². The van der Waals surface area contributed by atoms with Crippen molar-refractivity contribution in [1.29, 1.82) is 0 Å². The number of aromatic nitrogens is 2. The fourth-order valence-electron chi connectivity index (χ4n) is 1.23. The van der Waals surface area contributed by atoms with Gasteiger partial charge in [-0.15, -0.1) is 0 Å². The van der Waals surface area contributed by atoms with Gasteiger partial charge < -0.3 is 4.52 Å². The first-order valence-corrected chi connectivity index (χ1v) is 6.42. The number of alkyl halides is 3. The van der Waals surface area contributed by atoms with Gasteiger partial charge >= 0.3 is 0 Å². The normalized spacial score (nSPS) is 12.3. The second kappa shape index (κ2) is 5.67. The third-order valence-electron chi connectivity index (χ3n) is 2.08. The summed E-state index contributed by atoms with van der Waals surface area (Å²) in [5, 5.41) is 3.59. The van der Waals surface area contributed by atoms with Crippen molar-refractivity contribution in [3.8, 4) is 0 Å². The standard InChI is InChI=1S/C11H5Cl4FN2O/c12-7-3-1-2-6(9(7)16)4-5-8-17-10(19-18-8)11(13,14)15/h1-5H/b5-4+. The number of rotatable bonds is 2. The fraction of sp³-hybridized carbons (Fsp3) is 0.0909. The van der Waals surface area contributed by atoms with Crippen LogP contribution in [0.3, 0.4) is 0 Å². The molecular formula is C11H5Cl4FN2O. The first-order chi connectivity index (χ1) is 8.88. The molecule has 0 aliphatic heterocycles. The van der Waals surface area contributed by atoms with Crippen LogP contribution in [-0.2, 0) is 3.79 Å². The highest BCUT2D eigenvalue weighted by atomic mass is 35.6. The molecule has 0 saturated carbocycles. The van der Waals surface area contributed by atoms with Crippen molar-refractivity contribution >= 4 is 58.6 Å². The van der Waals surface area contributed by atoms with E-state index >= 15 is 0 Å². The average molecular weight is 342 g/mol. The molecule has 0 unspecified atom stereocenters. The van der Waals surface area contributed by atoms with Gasteiger partial charge in [-0.3, -0.25) is 0 Å². The molecule has 0 amide bonds. The summed E-state index contributed by atoms with van der Waals surface area (Å²) in [6.45, 7) is 0. The van der Waals surface area contributed by atoms with Crippen molar-refractivity contribution in [3.05, 3.63) is 46.3 Å². The molecule has 0 atom stereocenters. The lowest BCUT2D eigenvalue weighted by Crippen LogP contribution is -1.99. The van der Waals surface area contributed by atoms with Gasteiger partial charge in [-0.1, -0.05) is 63.7 Å². The van der Waals surface area contributed by atoms with Crippen LogP contribution in [0.4, 0.5) is 4.39 Å². The summed E-state index contributed by atoms with van der Waals surface area (Å²) in [6.07, 6.45) is 2.85. The van der Waals surface area contributed by atoms with Gasteiger partial charge in [0, 0.05) is 5.56 Å². The van der Waals surface area contributed by atoms with Crippen molar-refractivity contribution in [2.24, 2.45) is 0 Å². The van der Waals surface area contributed by atoms with Crippen LogP contribution in [0.25, 0.3) is 12.2 Å². The van der Waals surface area contributed by atoms with Gasteiger partial charge in [0.2, 0.25) is 0 Å². The summed E-state index contributed by atoms with van der Waals surface area (Å²) in [5.41, 5.74) is 0.285. The summed E-state index contributed by atoms with van der Waals surface area (Å²) in [6, 6.07) is 4.62. The minimum Gasteiger partial charge on any atom is -0.334 e. The predicted molar refractivity (Wildman–Crippen MR) is 73.9 cm³/mol. The van der Waals surface area contributed by atoms with Gasteiger partial charge in [0.1, 0.15) is 5.82 Å². The number of nitrogens with zero attached hydrogens (tertiary/aromatic N) is 2. The topological polar surface area (TPSA) is 38.9 Å². The highest BCUT2D eigenvalue weighted by molar-refractivity contribution is 6.66. The summed E-state index contributed by atoms with van der Waals surface area (Å²) < 4.78 is 16.5. The molecular weight excluding hydrogens is 337 g/mol. The van der Waals surface area contributed by atoms with Gasteiger partial charge in [-0.05, 0) is 18.2 Å². The molecule has 1 aromatic carbocycles. The Balaban J connectivity index is 2.24. The highest BCUT2D eigenvalue weighted by Crippen LogP contribution is 2.36. The Morgan fingerprint density at radius 1 is 1.21 bits per heavy atom. The maximum absolute atomic E-state index is 13.6. The zero-order valence-corrected chi connectivity index (χ0v) is 12.1. The molecule has 19 heavy (non-hydrogen) atoms. The van der Waals surface area contributed by atoms with E-state index < -0.39 is 9.61 Å². The van der Waals surface area contributed by atoms with E-state index in [4.69, 9.17) is 50.9 Å². The minimum atomic E-state index is -1.79. The van der Waals surface area contributed by atoms with Gasteiger partial charge in [0.15, 0.2) is 5.82 Å². The first-order valence-electron chi connectivity index (χ1n) is 4.91. The van der Waals surface area contributed by atoms with Crippen LogP contribution in [0.2, 0.25) is 5.02 Å². The van der Waals surface area contributed by atoms with E-state index in [-0.39, 0.29) is 22.3 Å². The van der Waals surface area contributed by atoms with E-state index in [9.17, 15) is 4.39 Å². The number of halogens is 5. The third kappa shape index (κ3) is 3.60. The average Bonchev–Trinajstić information content (AvgIpc) is 2.79. The first kappa shape index (κ1) is 14.6. The number of hydrogen-bond donors (Lipinski definition) is 0. The predicted octanol–water partition coefficient (Wildman–Crippen LogP) is 4.86. The van der Waals surface area contributed by atoms with Crippen LogP contribution < -0.4 is 0 Å². The van der Waals surface area contributed by atoms with E-state index in [1.807, 2.05) is 0 Å².